The highest BCUT2D eigenvalue weighted by molar-refractivity contribution is 6.36. The number of carbonyl (C=O) groups excluding carboxylic acids is 1. The number of hydrazone groups is 1. The standard InChI is InChI=1S/C19H20Cl2N2O3/c1-3-12(2)13-4-6-16(7-5-13)26-11-18(24)23-22-10-14-8-15(20)9-17(21)19(14)25/h4-10,12,25H,3,11H2,1-2H3,(H,23,24)/b22-10-/t12-/m0/s1. The summed E-state index contributed by atoms with van der Waals surface area (Å²) in [6.45, 7) is 4.12. The first-order chi connectivity index (χ1) is 12.4. The Morgan fingerprint density at radius 3 is 2.65 bits per heavy atom. The van der Waals surface area contributed by atoms with Gasteiger partial charge in [-0.15, -0.1) is 0 Å². The van der Waals surface area contributed by atoms with Gasteiger partial charge in [-0.1, -0.05) is 49.2 Å². The van der Waals surface area contributed by atoms with Gasteiger partial charge in [-0.2, -0.15) is 5.10 Å². The van der Waals surface area contributed by atoms with Gasteiger partial charge in [-0.25, -0.2) is 5.43 Å². The number of aromatic hydroxyl groups is 1. The van der Waals surface area contributed by atoms with Crippen molar-refractivity contribution in [1.82, 2.24) is 5.43 Å². The van der Waals surface area contributed by atoms with E-state index in [-0.39, 0.29) is 17.4 Å². The fourth-order valence-corrected chi connectivity index (χ4v) is 2.68. The fourth-order valence-electron chi connectivity index (χ4n) is 2.17. The van der Waals surface area contributed by atoms with Crippen LogP contribution in [0.4, 0.5) is 0 Å². The van der Waals surface area contributed by atoms with Gasteiger partial charge in [0.15, 0.2) is 6.61 Å². The van der Waals surface area contributed by atoms with Crippen LogP contribution in [0.5, 0.6) is 11.5 Å². The Labute approximate surface area is 162 Å². The molecule has 5 nitrogen and oxygen atoms in total. The van der Waals surface area contributed by atoms with Crippen LogP contribution < -0.4 is 10.2 Å². The second-order valence-corrected chi connectivity index (χ2v) is 6.63. The smallest absolute Gasteiger partial charge is 0.277 e. The lowest BCUT2D eigenvalue weighted by atomic mass is 9.99. The average molecular weight is 395 g/mol. The molecule has 2 aromatic carbocycles. The summed E-state index contributed by atoms with van der Waals surface area (Å²) in [7, 11) is 0. The Kier molecular flexibility index (Phi) is 7.30. The lowest BCUT2D eigenvalue weighted by molar-refractivity contribution is -0.123. The molecule has 0 heterocycles. The number of hydrogen-bond acceptors (Lipinski definition) is 4. The molecule has 0 aliphatic heterocycles. The van der Waals surface area contributed by atoms with Crippen LogP contribution in [0.25, 0.3) is 0 Å². The summed E-state index contributed by atoms with van der Waals surface area (Å²) in [5, 5.41) is 14.0. The van der Waals surface area contributed by atoms with E-state index in [1.807, 2.05) is 24.3 Å². The lowest BCUT2D eigenvalue weighted by Crippen LogP contribution is -2.24. The molecule has 0 aliphatic rings. The van der Waals surface area contributed by atoms with Crippen LogP contribution in [-0.4, -0.2) is 23.8 Å². The van der Waals surface area contributed by atoms with E-state index in [1.54, 1.807) is 0 Å². The first-order valence-corrected chi connectivity index (χ1v) is 8.89. The molecule has 0 unspecified atom stereocenters. The molecule has 0 aliphatic carbocycles. The Hall–Kier alpha value is -2.24. The summed E-state index contributed by atoms with van der Waals surface area (Å²) >= 11 is 11.7. The SMILES string of the molecule is CC[C@H](C)c1ccc(OCC(=O)N/N=C\c2cc(Cl)cc(Cl)c2O)cc1. The van der Waals surface area contributed by atoms with Gasteiger partial charge < -0.3 is 9.84 Å². The third-order valence-electron chi connectivity index (χ3n) is 3.88. The number of halogens is 2. The zero-order valence-electron chi connectivity index (χ0n) is 14.5. The van der Waals surface area contributed by atoms with Gasteiger partial charge in [-0.05, 0) is 42.2 Å². The summed E-state index contributed by atoms with van der Waals surface area (Å²) < 4.78 is 5.42. The minimum Gasteiger partial charge on any atom is -0.506 e. The summed E-state index contributed by atoms with van der Waals surface area (Å²) in [4.78, 5) is 11.8. The average Bonchev–Trinajstić information content (AvgIpc) is 2.63. The van der Waals surface area contributed by atoms with Crippen molar-refractivity contribution < 1.29 is 14.6 Å². The van der Waals surface area contributed by atoms with Crippen molar-refractivity contribution in [2.24, 2.45) is 5.10 Å². The molecule has 2 N–H and O–H groups in total. The van der Waals surface area contributed by atoms with Gasteiger partial charge in [0.05, 0.1) is 11.2 Å². The van der Waals surface area contributed by atoms with Crippen LogP contribution in [0.1, 0.15) is 37.3 Å². The van der Waals surface area contributed by atoms with Gasteiger partial charge in [0.2, 0.25) is 0 Å². The van der Waals surface area contributed by atoms with Gasteiger partial charge in [0.1, 0.15) is 11.5 Å². The van der Waals surface area contributed by atoms with E-state index < -0.39 is 5.91 Å². The van der Waals surface area contributed by atoms with E-state index in [2.05, 4.69) is 24.4 Å². The number of benzene rings is 2. The van der Waals surface area contributed by atoms with E-state index in [9.17, 15) is 9.90 Å². The monoisotopic (exact) mass is 394 g/mol. The number of nitrogens with zero attached hydrogens (tertiary/aromatic N) is 1. The van der Waals surface area contributed by atoms with Crippen LogP contribution in [0.2, 0.25) is 10.0 Å². The van der Waals surface area contributed by atoms with Crippen LogP contribution in [0.3, 0.4) is 0 Å². The molecule has 0 bridgehead atoms. The molecular formula is C19H20Cl2N2O3. The minimum atomic E-state index is -0.431. The Bertz CT molecular complexity index is 792. The molecule has 0 fully saturated rings. The maximum atomic E-state index is 11.8. The van der Waals surface area contributed by atoms with Crippen molar-refractivity contribution in [3.63, 3.8) is 0 Å². The zero-order valence-corrected chi connectivity index (χ0v) is 16.0. The normalized spacial score (nSPS) is 12.2. The van der Waals surface area contributed by atoms with Crippen molar-refractivity contribution in [3.05, 3.63) is 57.6 Å². The third-order valence-corrected chi connectivity index (χ3v) is 4.39. The Balaban J connectivity index is 1.86. The highest BCUT2D eigenvalue weighted by Crippen LogP contribution is 2.29. The topological polar surface area (TPSA) is 70.9 Å². The summed E-state index contributed by atoms with van der Waals surface area (Å²) in [6.07, 6.45) is 2.32. The lowest BCUT2D eigenvalue weighted by Gasteiger charge is -2.10. The van der Waals surface area contributed by atoms with Gasteiger partial charge in [0, 0.05) is 10.6 Å². The van der Waals surface area contributed by atoms with Crippen molar-refractivity contribution in [2.75, 3.05) is 6.61 Å². The maximum absolute atomic E-state index is 11.8. The molecule has 0 saturated carbocycles. The number of amides is 1. The third kappa shape index (κ3) is 5.64. The molecule has 7 heteroatoms. The van der Waals surface area contributed by atoms with E-state index in [1.165, 1.54) is 23.9 Å². The predicted octanol–water partition coefficient (Wildman–Crippen LogP) is 4.74. The molecule has 1 atom stereocenters. The highest BCUT2D eigenvalue weighted by Gasteiger charge is 2.07. The zero-order chi connectivity index (χ0) is 19.1. The van der Waals surface area contributed by atoms with Crippen molar-refractivity contribution >= 4 is 35.3 Å². The van der Waals surface area contributed by atoms with Gasteiger partial charge >= 0.3 is 0 Å². The second-order valence-electron chi connectivity index (χ2n) is 5.79. The molecule has 138 valence electrons. The van der Waals surface area contributed by atoms with Crippen LogP contribution in [0.15, 0.2) is 41.5 Å². The number of carbonyl (C=O) groups is 1. The number of phenolic OH excluding ortho intramolecular Hbond substituents is 1. The van der Waals surface area contributed by atoms with Gasteiger partial charge in [-0.3, -0.25) is 4.79 Å². The highest BCUT2D eigenvalue weighted by atomic mass is 35.5. The quantitative estimate of drug-likeness (QED) is 0.526. The molecule has 1 amide bonds. The van der Waals surface area contributed by atoms with Crippen molar-refractivity contribution in [2.45, 2.75) is 26.2 Å². The molecule has 0 spiro atoms. The number of nitrogens with one attached hydrogen (secondary N) is 1. The second kappa shape index (κ2) is 9.46. The first kappa shape index (κ1) is 20.1. The van der Waals surface area contributed by atoms with Crippen LogP contribution >= 0.6 is 23.2 Å². The van der Waals surface area contributed by atoms with Gasteiger partial charge in [0.25, 0.3) is 5.91 Å². The molecule has 2 rings (SSSR count). The van der Waals surface area contributed by atoms with E-state index in [0.29, 0.717) is 22.3 Å². The van der Waals surface area contributed by atoms with E-state index in [4.69, 9.17) is 27.9 Å². The van der Waals surface area contributed by atoms with Crippen molar-refractivity contribution in [1.29, 1.82) is 0 Å². The molecule has 2 aromatic rings. The minimum absolute atomic E-state index is 0.106. The summed E-state index contributed by atoms with van der Waals surface area (Å²) in [5.74, 6) is 0.500. The number of ether oxygens (including phenoxy) is 1. The summed E-state index contributed by atoms with van der Waals surface area (Å²) in [6, 6.07) is 10.5. The fraction of sp³-hybridized carbons (Fsp3) is 0.263. The van der Waals surface area contributed by atoms with Crippen LogP contribution in [-0.2, 0) is 4.79 Å². The number of hydrogen-bond donors (Lipinski definition) is 2. The largest absolute Gasteiger partial charge is 0.506 e. The maximum Gasteiger partial charge on any atom is 0.277 e. The first-order valence-electron chi connectivity index (χ1n) is 8.13. The summed E-state index contributed by atoms with van der Waals surface area (Å²) in [5.41, 5.74) is 3.84. The van der Waals surface area contributed by atoms with E-state index in [0.717, 1.165) is 6.42 Å². The molecule has 0 radical (unpaired) electrons. The number of phenols is 1. The molecular weight excluding hydrogens is 375 g/mol. The molecule has 26 heavy (non-hydrogen) atoms. The molecule has 0 saturated heterocycles. The Morgan fingerprint density at radius 1 is 1.31 bits per heavy atom. The van der Waals surface area contributed by atoms with Crippen molar-refractivity contribution in [3.8, 4) is 11.5 Å². The van der Waals surface area contributed by atoms with Crippen LogP contribution in [0, 0.1) is 0 Å². The predicted molar refractivity (Wildman–Crippen MR) is 105 cm³/mol. The molecule has 0 aromatic heterocycles. The van der Waals surface area contributed by atoms with E-state index >= 15 is 0 Å². The number of rotatable bonds is 7. The Morgan fingerprint density at radius 2 is 2.00 bits per heavy atom.